The lowest BCUT2D eigenvalue weighted by Gasteiger charge is -2.05. The number of hydrogen-bond donors (Lipinski definition) is 0. The van der Waals surface area contributed by atoms with Crippen LogP contribution < -0.4 is 0 Å². The van der Waals surface area contributed by atoms with Gasteiger partial charge in [0.2, 0.25) is 0 Å². The molecule has 0 aliphatic rings. The van der Waals surface area contributed by atoms with Crippen molar-refractivity contribution >= 4 is 23.2 Å². The van der Waals surface area contributed by atoms with Crippen LogP contribution in [0.5, 0.6) is 0 Å². The van der Waals surface area contributed by atoms with Gasteiger partial charge in [-0.25, -0.2) is 17.6 Å². The van der Waals surface area contributed by atoms with Crippen molar-refractivity contribution in [1.29, 1.82) is 0 Å². The zero-order chi connectivity index (χ0) is 10.2. The van der Waals surface area contributed by atoms with Crippen molar-refractivity contribution in [2.45, 2.75) is 6.67 Å². The van der Waals surface area contributed by atoms with Crippen LogP contribution in [0.4, 0.5) is 17.6 Å². The summed E-state index contributed by atoms with van der Waals surface area (Å²) >= 11 is 10.1. The summed E-state index contributed by atoms with van der Waals surface area (Å²) in [6.45, 7) is -1.43. The first-order valence-corrected chi connectivity index (χ1v) is 3.82. The van der Waals surface area contributed by atoms with Crippen LogP contribution in [0.3, 0.4) is 0 Å². The Morgan fingerprint density at radius 2 is 1.23 bits per heavy atom. The van der Waals surface area contributed by atoms with Crippen LogP contribution in [0, 0.1) is 17.5 Å². The molecule has 0 saturated carbocycles. The van der Waals surface area contributed by atoms with Gasteiger partial charge in [0, 0.05) is 0 Å². The Morgan fingerprint density at radius 1 is 0.846 bits per heavy atom. The van der Waals surface area contributed by atoms with Gasteiger partial charge in [0.1, 0.15) is 16.7 Å². The highest BCUT2D eigenvalue weighted by atomic mass is 35.5. The second-order valence-corrected chi connectivity index (χ2v) is 2.94. The Balaban J connectivity index is 3.56. The third-order valence-electron chi connectivity index (χ3n) is 1.43. The zero-order valence-corrected chi connectivity index (χ0v) is 7.49. The van der Waals surface area contributed by atoms with Crippen molar-refractivity contribution in [3.63, 3.8) is 0 Å². The van der Waals surface area contributed by atoms with Crippen molar-refractivity contribution in [2.75, 3.05) is 0 Å². The number of benzene rings is 1. The van der Waals surface area contributed by atoms with Gasteiger partial charge >= 0.3 is 0 Å². The second-order valence-electron chi connectivity index (χ2n) is 2.18. The molecular formula is C7H2Cl2F4. The monoisotopic (exact) mass is 232 g/mol. The van der Waals surface area contributed by atoms with Crippen LogP contribution in [0.2, 0.25) is 10.0 Å². The van der Waals surface area contributed by atoms with Gasteiger partial charge in [-0.1, -0.05) is 23.2 Å². The Bertz CT molecular complexity index is 322. The van der Waals surface area contributed by atoms with E-state index in [2.05, 4.69) is 0 Å². The third-order valence-corrected chi connectivity index (χ3v) is 2.10. The van der Waals surface area contributed by atoms with Gasteiger partial charge in [-0.3, -0.25) is 0 Å². The minimum absolute atomic E-state index is 0.962. The predicted molar refractivity (Wildman–Crippen MR) is 41.1 cm³/mol. The topological polar surface area (TPSA) is 0 Å². The minimum atomic E-state index is -1.46. The molecule has 0 fully saturated rings. The molecule has 0 aromatic heterocycles. The van der Waals surface area contributed by atoms with E-state index < -0.39 is 39.7 Å². The number of halogens is 6. The summed E-state index contributed by atoms with van der Waals surface area (Å²) in [5, 5.41) is -2.00. The van der Waals surface area contributed by atoms with Crippen molar-refractivity contribution in [3.8, 4) is 0 Å². The summed E-state index contributed by atoms with van der Waals surface area (Å²) in [4.78, 5) is 0. The Kier molecular flexibility index (Phi) is 3.03. The van der Waals surface area contributed by atoms with Crippen molar-refractivity contribution in [2.24, 2.45) is 0 Å². The minimum Gasteiger partial charge on any atom is -0.246 e. The van der Waals surface area contributed by atoms with Gasteiger partial charge in [-0.05, 0) is 0 Å². The molecule has 0 saturated heterocycles. The first-order chi connectivity index (χ1) is 6.00. The van der Waals surface area contributed by atoms with Crippen LogP contribution in [0.15, 0.2) is 0 Å². The van der Waals surface area contributed by atoms with E-state index in [1.54, 1.807) is 0 Å². The molecule has 72 valence electrons. The van der Waals surface area contributed by atoms with E-state index in [1.807, 2.05) is 0 Å². The molecule has 1 aromatic rings. The summed E-state index contributed by atoms with van der Waals surface area (Å²) in [5.74, 6) is -4.33. The largest absolute Gasteiger partial charge is 0.246 e. The number of alkyl halides is 1. The molecule has 0 radical (unpaired) electrons. The van der Waals surface area contributed by atoms with Gasteiger partial charge in [0.15, 0.2) is 17.5 Å². The molecule has 0 amide bonds. The fourth-order valence-corrected chi connectivity index (χ4v) is 1.23. The summed E-state index contributed by atoms with van der Waals surface area (Å²) in [5.41, 5.74) is -0.962. The molecule has 0 atom stereocenters. The lowest BCUT2D eigenvalue weighted by atomic mass is 10.2. The lowest BCUT2D eigenvalue weighted by molar-refractivity contribution is 0.434. The average molecular weight is 233 g/mol. The molecule has 1 rings (SSSR count). The summed E-state index contributed by atoms with van der Waals surface area (Å²) in [6, 6.07) is 0. The standard InChI is InChI=1S/C7H2Cl2F4/c8-3-5(11)2(1-10)6(12)4(9)7(3)13/h1H2. The van der Waals surface area contributed by atoms with Gasteiger partial charge in [0.05, 0.1) is 5.56 Å². The smallest absolute Gasteiger partial charge is 0.166 e. The van der Waals surface area contributed by atoms with E-state index in [4.69, 9.17) is 23.2 Å². The van der Waals surface area contributed by atoms with Crippen molar-refractivity contribution in [1.82, 2.24) is 0 Å². The first kappa shape index (κ1) is 10.6. The molecular weight excluding hydrogens is 231 g/mol. The van der Waals surface area contributed by atoms with Crippen LogP contribution in [-0.2, 0) is 6.67 Å². The molecule has 1 aromatic carbocycles. The predicted octanol–water partition coefficient (Wildman–Crippen LogP) is 3.88. The molecule has 0 spiro atoms. The number of rotatable bonds is 1. The lowest BCUT2D eigenvalue weighted by Crippen LogP contribution is -1.99. The SMILES string of the molecule is FCc1c(F)c(Cl)c(F)c(Cl)c1F. The van der Waals surface area contributed by atoms with Gasteiger partial charge in [-0.15, -0.1) is 0 Å². The van der Waals surface area contributed by atoms with Crippen LogP contribution in [0.25, 0.3) is 0 Å². The maximum atomic E-state index is 12.8. The van der Waals surface area contributed by atoms with E-state index in [0.29, 0.717) is 0 Å². The van der Waals surface area contributed by atoms with Crippen LogP contribution in [-0.4, -0.2) is 0 Å². The highest BCUT2D eigenvalue weighted by molar-refractivity contribution is 6.35. The van der Waals surface area contributed by atoms with E-state index in [0.717, 1.165) is 0 Å². The molecule has 0 aliphatic carbocycles. The normalized spacial score (nSPS) is 10.6. The van der Waals surface area contributed by atoms with Gasteiger partial charge in [0.25, 0.3) is 0 Å². The highest BCUT2D eigenvalue weighted by Crippen LogP contribution is 2.32. The molecule has 0 heterocycles. The quantitative estimate of drug-likeness (QED) is 0.392. The summed E-state index contributed by atoms with van der Waals surface area (Å²) < 4.78 is 50.3. The second kappa shape index (κ2) is 3.72. The molecule has 0 unspecified atom stereocenters. The van der Waals surface area contributed by atoms with E-state index in [1.165, 1.54) is 0 Å². The van der Waals surface area contributed by atoms with Crippen LogP contribution in [0.1, 0.15) is 5.56 Å². The van der Waals surface area contributed by atoms with Crippen molar-refractivity contribution < 1.29 is 17.6 Å². The maximum absolute atomic E-state index is 12.8. The summed E-state index contributed by atoms with van der Waals surface area (Å²) in [7, 11) is 0. The molecule has 13 heavy (non-hydrogen) atoms. The van der Waals surface area contributed by atoms with Gasteiger partial charge < -0.3 is 0 Å². The zero-order valence-electron chi connectivity index (χ0n) is 5.97. The molecule has 0 nitrogen and oxygen atoms in total. The fraction of sp³-hybridized carbons (Fsp3) is 0.143. The first-order valence-electron chi connectivity index (χ1n) is 3.07. The highest BCUT2D eigenvalue weighted by Gasteiger charge is 2.22. The van der Waals surface area contributed by atoms with Crippen LogP contribution >= 0.6 is 23.2 Å². The fourth-order valence-electron chi connectivity index (χ4n) is 0.768. The van der Waals surface area contributed by atoms with E-state index in [-0.39, 0.29) is 0 Å². The molecule has 0 N–H and O–H groups in total. The van der Waals surface area contributed by atoms with E-state index >= 15 is 0 Å². The van der Waals surface area contributed by atoms with Crippen molar-refractivity contribution in [3.05, 3.63) is 33.1 Å². The Labute approximate surface area is 81.1 Å². The maximum Gasteiger partial charge on any atom is 0.166 e. The summed E-state index contributed by atoms with van der Waals surface area (Å²) in [6.07, 6.45) is 0. The molecule has 0 bridgehead atoms. The number of hydrogen-bond acceptors (Lipinski definition) is 0. The van der Waals surface area contributed by atoms with Gasteiger partial charge in [-0.2, -0.15) is 0 Å². The average Bonchev–Trinajstić information content (AvgIpc) is 2.13. The Hall–Kier alpha value is -0.480. The molecule has 6 heteroatoms. The third kappa shape index (κ3) is 1.60. The van der Waals surface area contributed by atoms with E-state index in [9.17, 15) is 17.6 Å². The molecule has 0 aliphatic heterocycles. The Morgan fingerprint density at radius 3 is 1.54 bits per heavy atom.